The summed E-state index contributed by atoms with van der Waals surface area (Å²) < 4.78 is 2.45. The molecule has 0 N–H and O–H groups in total. The van der Waals surface area contributed by atoms with E-state index in [-0.39, 0.29) is 0 Å². The van der Waals surface area contributed by atoms with Gasteiger partial charge < -0.3 is 4.90 Å². The number of aryl methyl sites for hydroxylation is 2. The fourth-order valence-electron chi connectivity index (χ4n) is 6.67. The smallest absolute Gasteiger partial charge is 0.208 e. The van der Waals surface area contributed by atoms with Crippen molar-refractivity contribution < 1.29 is 4.58 Å². The van der Waals surface area contributed by atoms with Crippen molar-refractivity contribution in [2.24, 2.45) is 0 Å². The van der Waals surface area contributed by atoms with Crippen molar-refractivity contribution in [1.29, 1.82) is 0 Å². The van der Waals surface area contributed by atoms with Crippen molar-refractivity contribution in [3.8, 4) is 0 Å². The molecule has 0 spiro atoms. The van der Waals surface area contributed by atoms with E-state index in [0.717, 1.165) is 50.2 Å². The molecule has 232 valence electrons. The molecule has 0 fully saturated rings. The highest BCUT2D eigenvalue weighted by atomic mass is 35.5. The van der Waals surface area contributed by atoms with Crippen LogP contribution in [-0.4, -0.2) is 23.4 Å². The van der Waals surface area contributed by atoms with Gasteiger partial charge >= 0.3 is 0 Å². The second-order valence-electron chi connectivity index (χ2n) is 12.3. The molecule has 0 saturated carbocycles. The highest BCUT2D eigenvalue weighted by Gasteiger charge is 2.18. The first kappa shape index (κ1) is 32.5. The van der Waals surface area contributed by atoms with Gasteiger partial charge in [0.25, 0.3) is 0 Å². The van der Waals surface area contributed by atoms with E-state index in [1.165, 1.54) is 66.6 Å². The Kier molecular flexibility index (Phi) is 10.8. The lowest BCUT2D eigenvalue weighted by atomic mass is 9.94. The molecule has 0 aromatic heterocycles. The average molecular weight is 616 g/mol. The van der Waals surface area contributed by atoms with Gasteiger partial charge in [-0.25, -0.2) is 0 Å². The average Bonchev–Trinajstić information content (AvgIpc) is 3.06. The Morgan fingerprint density at radius 2 is 1.49 bits per heavy atom. The summed E-state index contributed by atoms with van der Waals surface area (Å²) >= 11 is 7.11. The molecule has 4 aromatic rings. The molecule has 1 aliphatic rings. The molecule has 4 aromatic carbocycles. The predicted octanol–water partition coefficient (Wildman–Crippen LogP) is 12.1. The van der Waals surface area contributed by atoms with Crippen molar-refractivity contribution in [3.63, 3.8) is 0 Å². The van der Waals surface area contributed by atoms with Crippen LogP contribution in [0.5, 0.6) is 0 Å². The highest BCUT2D eigenvalue weighted by Crippen LogP contribution is 2.35. The SMILES string of the molecule is CCCN(/C(C)=C/C=C1\CCCC(/C=C/C(C)=[N+](CCC)c2ccc3ccccc3c2C)=C1Cl)c1ccc2ccccc2c1C. The summed E-state index contributed by atoms with van der Waals surface area (Å²) in [4.78, 5) is 2.45. The van der Waals surface area contributed by atoms with Gasteiger partial charge in [-0.1, -0.05) is 92.2 Å². The van der Waals surface area contributed by atoms with Crippen molar-refractivity contribution in [3.05, 3.63) is 130 Å². The van der Waals surface area contributed by atoms with Gasteiger partial charge in [0, 0.05) is 54.0 Å². The molecule has 0 heterocycles. The van der Waals surface area contributed by atoms with Gasteiger partial charge in [0.15, 0.2) is 5.71 Å². The zero-order chi connectivity index (χ0) is 31.9. The molecule has 0 saturated heterocycles. The Hall–Kier alpha value is -3.88. The molecule has 3 heteroatoms. The molecular weight excluding hydrogens is 568 g/mol. The Bertz CT molecular complexity index is 1850. The highest BCUT2D eigenvalue weighted by molar-refractivity contribution is 6.32. The Morgan fingerprint density at radius 1 is 0.822 bits per heavy atom. The molecule has 5 rings (SSSR count). The lowest BCUT2D eigenvalue weighted by molar-refractivity contribution is -0.440. The van der Waals surface area contributed by atoms with Gasteiger partial charge in [-0.2, -0.15) is 4.58 Å². The topological polar surface area (TPSA) is 6.25 Å². The standard InChI is InChI=1S/C42H48ClN2/c1-7-28-44(40-26-24-34-14-9-11-18-38(34)32(40)5)30(3)20-22-36-16-13-17-37(42(36)43)23-21-31(4)45(29-8-2)41-27-25-35-15-10-12-19-39(35)33(41)6/h9-12,14-15,18-27H,7-8,13,16-17,28-29H2,1-6H3/q+1. The van der Waals surface area contributed by atoms with E-state index >= 15 is 0 Å². The Morgan fingerprint density at radius 3 is 2.18 bits per heavy atom. The van der Waals surface area contributed by atoms with Gasteiger partial charge in [0.2, 0.25) is 5.69 Å². The molecular formula is C42H48ClN2+. The summed E-state index contributed by atoms with van der Waals surface area (Å²) in [5.74, 6) is 0. The zero-order valence-electron chi connectivity index (χ0n) is 28.0. The molecule has 0 amide bonds. The first-order chi connectivity index (χ1) is 21.8. The van der Waals surface area contributed by atoms with E-state index in [1.807, 2.05) is 0 Å². The summed E-state index contributed by atoms with van der Waals surface area (Å²) in [6.07, 6.45) is 14.3. The van der Waals surface area contributed by atoms with Crippen LogP contribution in [0.25, 0.3) is 21.5 Å². The summed E-state index contributed by atoms with van der Waals surface area (Å²) in [5.41, 5.74) is 10.1. The first-order valence-electron chi connectivity index (χ1n) is 16.6. The number of hydrogen-bond donors (Lipinski definition) is 0. The Labute approximate surface area is 275 Å². The molecule has 0 atom stereocenters. The number of fused-ring (bicyclic) bond motifs is 2. The first-order valence-corrected chi connectivity index (χ1v) is 17.0. The fourth-order valence-corrected chi connectivity index (χ4v) is 6.98. The fraction of sp³-hybridized carbons (Fsp3) is 0.310. The normalized spacial score (nSPS) is 15.9. The molecule has 45 heavy (non-hydrogen) atoms. The van der Waals surface area contributed by atoms with Crippen LogP contribution < -0.4 is 4.90 Å². The van der Waals surface area contributed by atoms with Gasteiger partial charge in [-0.15, -0.1) is 0 Å². The summed E-state index contributed by atoms with van der Waals surface area (Å²) in [6.45, 7) is 15.4. The van der Waals surface area contributed by atoms with Crippen molar-refractivity contribution in [2.45, 2.75) is 73.6 Å². The third-order valence-electron chi connectivity index (χ3n) is 9.17. The summed E-state index contributed by atoms with van der Waals surface area (Å²) in [5, 5.41) is 6.12. The van der Waals surface area contributed by atoms with E-state index in [4.69, 9.17) is 11.6 Å². The van der Waals surface area contributed by atoms with Crippen LogP contribution in [0.2, 0.25) is 0 Å². The van der Waals surface area contributed by atoms with E-state index in [2.05, 4.69) is 148 Å². The largest absolute Gasteiger partial charge is 0.345 e. The minimum atomic E-state index is 0.905. The van der Waals surface area contributed by atoms with Crippen LogP contribution in [0.15, 0.2) is 119 Å². The number of rotatable bonds is 10. The second kappa shape index (κ2) is 14.9. The molecule has 0 bridgehead atoms. The minimum absolute atomic E-state index is 0.905. The number of halogens is 1. The quantitative estimate of drug-likeness (QED) is 0.127. The molecule has 2 nitrogen and oxygen atoms in total. The van der Waals surface area contributed by atoms with Gasteiger partial charge in [-0.05, 0) is 103 Å². The minimum Gasteiger partial charge on any atom is -0.345 e. The maximum absolute atomic E-state index is 7.11. The summed E-state index contributed by atoms with van der Waals surface area (Å²) in [7, 11) is 0. The van der Waals surface area contributed by atoms with Crippen molar-refractivity contribution in [2.75, 3.05) is 18.0 Å². The lowest BCUT2D eigenvalue weighted by Gasteiger charge is -2.27. The van der Waals surface area contributed by atoms with Crippen LogP contribution in [0.4, 0.5) is 11.4 Å². The second-order valence-corrected chi connectivity index (χ2v) is 12.7. The maximum Gasteiger partial charge on any atom is 0.208 e. The molecule has 0 unspecified atom stereocenters. The molecule has 0 aliphatic heterocycles. The predicted molar refractivity (Wildman–Crippen MR) is 198 cm³/mol. The van der Waals surface area contributed by atoms with Crippen LogP contribution in [0, 0.1) is 13.8 Å². The van der Waals surface area contributed by atoms with Crippen LogP contribution in [-0.2, 0) is 0 Å². The van der Waals surface area contributed by atoms with Crippen LogP contribution in [0.1, 0.15) is 70.9 Å². The maximum atomic E-state index is 7.11. The molecule has 0 radical (unpaired) electrons. The molecule has 1 aliphatic carbocycles. The number of anilines is 1. The van der Waals surface area contributed by atoms with E-state index in [0.29, 0.717) is 0 Å². The van der Waals surface area contributed by atoms with Gasteiger partial charge in [-0.3, -0.25) is 0 Å². The third kappa shape index (κ3) is 7.18. The van der Waals surface area contributed by atoms with Gasteiger partial charge in [0.05, 0.1) is 0 Å². The number of benzene rings is 4. The third-order valence-corrected chi connectivity index (χ3v) is 9.66. The van der Waals surface area contributed by atoms with E-state index < -0.39 is 0 Å². The van der Waals surface area contributed by atoms with E-state index in [9.17, 15) is 0 Å². The van der Waals surface area contributed by atoms with Gasteiger partial charge in [0.1, 0.15) is 6.54 Å². The van der Waals surface area contributed by atoms with Crippen LogP contribution in [0.3, 0.4) is 0 Å². The number of nitrogens with zero attached hydrogens (tertiary/aromatic N) is 2. The summed E-state index contributed by atoms with van der Waals surface area (Å²) in [6, 6.07) is 26.4. The zero-order valence-corrected chi connectivity index (χ0v) is 28.7. The van der Waals surface area contributed by atoms with Crippen molar-refractivity contribution in [1.82, 2.24) is 0 Å². The number of hydrogen-bond acceptors (Lipinski definition) is 1. The monoisotopic (exact) mass is 615 g/mol. The van der Waals surface area contributed by atoms with Crippen LogP contribution >= 0.6 is 11.6 Å². The Balaban J connectivity index is 1.44. The number of allylic oxidation sites excluding steroid dienone is 8. The lowest BCUT2D eigenvalue weighted by Crippen LogP contribution is -2.22. The van der Waals surface area contributed by atoms with Crippen molar-refractivity contribution >= 4 is 50.2 Å². The van der Waals surface area contributed by atoms with E-state index in [1.54, 1.807) is 0 Å².